The summed E-state index contributed by atoms with van der Waals surface area (Å²) in [7, 11) is 0. The van der Waals surface area contributed by atoms with Gasteiger partial charge in [0.25, 0.3) is 5.69 Å². The number of carbonyl (C=O) groups is 1. The van der Waals surface area contributed by atoms with E-state index in [0.29, 0.717) is 37.7 Å². The first-order valence-corrected chi connectivity index (χ1v) is 8.57. The predicted molar refractivity (Wildman–Crippen MR) is 95.9 cm³/mol. The summed E-state index contributed by atoms with van der Waals surface area (Å²) in [5.74, 6) is -0.459. The average Bonchev–Trinajstić information content (AvgIpc) is 2.67. The van der Waals surface area contributed by atoms with Crippen LogP contribution in [0.1, 0.15) is 18.4 Å². The van der Waals surface area contributed by atoms with E-state index in [1.165, 1.54) is 6.20 Å². The lowest BCUT2D eigenvalue weighted by Crippen LogP contribution is -2.38. The van der Waals surface area contributed by atoms with Gasteiger partial charge in [-0.3, -0.25) is 19.9 Å². The molecular formula is C18H17F3N4O3. The van der Waals surface area contributed by atoms with Gasteiger partial charge in [0.05, 0.1) is 22.4 Å². The molecule has 1 amide bonds. The molecule has 1 saturated heterocycles. The van der Waals surface area contributed by atoms with Crippen LogP contribution >= 0.6 is 0 Å². The fourth-order valence-corrected chi connectivity index (χ4v) is 3.18. The molecule has 1 fully saturated rings. The van der Waals surface area contributed by atoms with Crippen LogP contribution in [0.4, 0.5) is 30.2 Å². The molecule has 0 unspecified atom stereocenters. The summed E-state index contributed by atoms with van der Waals surface area (Å²) in [6, 6.07) is 5.92. The predicted octanol–water partition coefficient (Wildman–Crippen LogP) is 3.86. The first kappa shape index (κ1) is 19.6. The topological polar surface area (TPSA) is 88.4 Å². The summed E-state index contributed by atoms with van der Waals surface area (Å²) < 4.78 is 38.5. The van der Waals surface area contributed by atoms with Gasteiger partial charge in [-0.1, -0.05) is 0 Å². The molecule has 0 bridgehead atoms. The lowest BCUT2D eigenvalue weighted by molar-refractivity contribution is -0.384. The van der Waals surface area contributed by atoms with Crippen LogP contribution in [0.3, 0.4) is 0 Å². The van der Waals surface area contributed by atoms with E-state index in [0.717, 1.165) is 12.1 Å². The number of anilines is 2. The second-order valence-electron chi connectivity index (χ2n) is 6.45. The number of nitro benzene ring substituents is 1. The number of piperidine rings is 1. The lowest BCUT2D eigenvalue weighted by Gasteiger charge is -2.32. The fourth-order valence-electron chi connectivity index (χ4n) is 3.18. The van der Waals surface area contributed by atoms with Crippen molar-refractivity contribution in [1.82, 2.24) is 4.98 Å². The summed E-state index contributed by atoms with van der Waals surface area (Å²) in [6.07, 6.45) is -0.668. The highest BCUT2D eigenvalue weighted by molar-refractivity contribution is 5.92. The largest absolute Gasteiger partial charge is 0.416 e. The molecule has 1 aromatic carbocycles. The monoisotopic (exact) mass is 394 g/mol. The van der Waals surface area contributed by atoms with Crippen LogP contribution in [0.2, 0.25) is 0 Å². The van der Waals surface area contributed by atoms with Crippen molar-refractivity contribution >= 4 is 23.0 Å². The van der Waals surface area contributed by atoms with E-state index in [9.17, 15) is 28.1 Å². The maximum absolute atomic E-state index is 12.8. The van der Waals surface area contributed by atoms with Gasteiger partial charge in [0.2, 0.25) is 5.91 Å². The SMILES string of the molecule is O=C(Nc1cccnc1)C1CCN(c2ccc(C(F)(F)F)cc2[N+](=O)[O-])CC1. The molecule has 0 radical (unpaired) electrons. The molecule has 0 saturated carbocycles. The number of rotatable bonds is 4. The number of hydrogen-bond donors (Lipinski definition) is 1. The summed E-state index contributed by atoms with van der Waals surface area (Å²) in [5, 5.41) is 14.0. The Morgan fingerprint density at radius 1 is 1.25 bits per heavy atom. The highest BCUT2D eigenvalue weighted by atomic mass is 19.4. The lowest BCUT2D eigenvalue weighted by atomic mass is 9.95. The Morgan fingerprint density at radius 3 is 2.54 bits per heavy atom. The van der Waals surface area contributed by atoms with Crippen molar-refractivity contribution in [3.05, 3.63) is 58.4 Å². The number of carbonyl (C=O) groups excluding carboxylic acids is 1. The van der Waals surface area contributed by atoms with Crippen molar-refractivity contribution in [2.45, 2.75) is 19.0 Å². The van der Waals surface area contributed by atoms with E-state index >= 15 is 0 Å². The quantitative estimate of drug-likeness (QED) is 0.628. The second-order valence-corrected chi connectivity index (χ2v) is 6.45. The number of alkyl halides is 3. The molecule has 0 atom stereocenters. The van der Waals surface area contributed by atoms with Crippen LogP contribution in [0.5, 0.6) is 0 Å². The summed E-state index contributed by atoms with van der Waals surface area (Å²) in [4.78, 5) is 28.4. The molecule has 0 spiro atoms. The van der Waals surface area contributed by atoms with Crippen LogP contribution in [0.15, 0.2) is 42.7 Å². The Morgan fingerprint density at radius 2 is 1.96 bits per heavy atom. The Hall–Kier alpha value is -3.17. The van der Waals surface area contributed by atoms with Crippen molar-refractivity contribution in [1.29, 1.82) is 0 Å². The molecule has 10 heteroatoms. The molecule has 2 heterocycles. The van der Waals surface area contributed by atoms with Gasteiger partial charge in [-0.2, -0.15) is 13.2 Å². The molecular weight excluding hydrogens is 377 g/mol. The number of halogens is 3. The van der Waals surface area contributed by atoms with Gasteiger partial charge >= 0.3 is 6.18 Å². The number of pyridine rings is 1. The minimum Gasteiger partial charge on any atom is -0.366 e. The first-order chi connectivity index (χ1) is 13.3. The zero-order valence-electron chi connectivity index (χ0n) is 14.6. The fraction of sp³-hybridized carbons (Fsp3) is 0.333. The number of hydrogen-bond acceptors (Lipinski definition) is 5. The van der Waals surface area contributed by atoms with Crippen molar-refractivity contribution in [2.24, 2.45) is 5.92 Å². The van der Waals surface area contributed by atoms with E-state index in [4.69, 9.17) is 0 Å². The third-order valence-electron chi connectivity index (χ3n) is 4.63. The zero-order chi connectivity index (χ0) is 20.3. The highest BCUT2D eigenvalue weighted by Gasteiger charge is 2.34. The molecule has 1 aromatic heterocycles. The molecule has 148 valence electrons. The van der Waals surface area contributed by atoms with Gasteiger partial charge in [0, 0.05) is 31.3 Å². The van der Waals surface area contributed by atoms with Gasteiger partial charge in [-0.15, -0.1) is 0 Å². The van der Waals surface area contributed by atoms with Crippen LogP contribution in [0, 0.1) is 16.0 Å². The molecule has 3 rings (SSSR count). The van der Waals surface area contributed by atoms with Crippen molar-refractivity contribution in [3.63, 3.8) is 0 Å². The van der Waals surface area contributed by atoms with Gasteiger partial charge in [0.15, 0.2) is 0 Å². The highest BCUT2D eigenvalue weighted by Crippen LogP contribution is 2.37. The van der Waals surface area contributed by atoms with Gasteiger partial charge in [0.1, 0.15) is 5.69 Å². The summed E-state index contributed by atoms with van der Waals surface area (Å²) >= 11 is 0. The van der Waals surface area contributed by atoms with Gasteiger partial charge < -0.3 is 10.2 Å². The number of aromatic nitrogens is 1. The molecule has 7 nitrogen and oxygen atoms in total. The minimum atomic E-state index is -4.65. The number of benzene rings is 1. The van der Waals surface area contributed by atoms with Crippen LogP contribution in [0.25, 0.3) is 0 Å². The van der Waals surface area contributed by atoms with Crippen LogP contribution < -0.4 is 10.2 Å². The number of nitrogens with one attached hydrogen (secondary N) is 1. The van der Waals surface area contributed by atoms with Gasteiger partial charge in [-0.05, 0) is 37.1 Å². The normalized spacial score (nSPS) is 15.3. The maximum Gasteiger partial charge on any atom is 0.416 e. The van der Waals surface area contributed by atoms with Crippen molar-refractivity contribution in [2.75, 3.05) is 23.3 Å². The molecule has 2 aromatic rings. The van der Waals surface area contributed by atoms with Gasteiger partial charge in [-0.25, -0.2) is 0 Å². The van der Waals surface area contributed by atoms with E-state index in [1.807, 2.05) is 0 Å². The molecule has 1 N–H and O–H groups in total. The third-order valence-corrected chi connectivity index (χ3v) is 4.63. The summed E-state index contributed by atoms with van der Waals surface area (Å²) in [5.41, 5.74) is -0.945. The van der Waals surface area contributed by atoms with E-state index in [-0.39, 0.29) is 17.5 Å². The second kappa shape index (κ2) is 7.83. The number of amides is 1. The summed E-state index contributed by atoms with van der Waals surface area (Å²) in [6.45, 7) is 0.661. The molecule has 0 aliphatic carbocycles. The number of nitrogens with zero attached hydrogens (tertiary/aromatic N) is 3. The maximum atomic E-state index is 12.8. The molecule has 28 heavy (non-hydrogen) atoms. The standard InChI is InChI=1S/C18H17F3N4O3/c19-18(20,21)13-3-4-15(16(10-13)25(27)28)24-8-5-12(6-9-24)17(26)23-14-2-1-7-22-11-14/h1-4,7,10-12H,5-6,8-9H2,(H,23,26). The first-order valence-electron chi connectivity index (χ1n) is 8.57. The van der Waals surface area contributed by atoms with Crippen LogP contribution in [-0.2, 0) is 11.0 Å². The van der Waals surface area contributed by atoms with E-state index < -0.39 is 22.4 Å². The molecule has 1 aliphatic heterocycles. The third kappa shape index (κ3) is 4.38. The smallest absolute Gasteiger partial charge is 0.366 e. The molecule has 1 aliphatic rings. The Balaban J connectivity index is 1.69. The Bertz CT molecular complexity index is 866. The van der Waals surface area contributed by atoms with Crippen LogP contribution in [-0.4, -0.2) is 28.9 Å². The van der Waals surface area contributed by atoms with E-state index in [2.05, 4.69) is 10.3 Å². The van der Waals surface area contributed by atoms with Crippen molar-refractivity contribution in [3.8, 4) is 0 Å². The minimum absolute atomic E-state index is 0.129. The number of nitro groups is 1. The average molecular weight is 394 g/mol. The van der Waals surface area contributed by atoms with E-state index in [1.54, 1.807) is 23.2 Å². The zero-order valence-corrected chi connectivity index (χ0v) is 14.6. The van der Waals surface area contributed by atoms with Crippen molar-refractivity contribution < 1.29 is 22.9 Å². The Kier molecular flexibility index (Phi) is 5.48. The Labute approximate surface area is 158 Å².